The summed E-state index contributed by atoms with van der Waals surface area (Å²) in [5.74, 6) is 0.681. The van der Waals surface area contributed by atoms with Crippen LogP contribution in [-0.2, 0) is 0 Å². The quantitative estimate of drug-likeness (QED) is 0.738. The lowest BCUT2D eigenvalue weighted by atomic mass is 9.99. The Kier molecular flexibility index (Phi) is 4.66. The molecule has 0 radical (unpaired) electrons. The van der Waals surface area contributed by atoms with E-state index in [-0.39, 0.29) is 0 Å². The van der Waals surface area contributed by atoms with Crippen LogP contribution in [0.1, 0.15) is 39.5 Å². The number of nitrogens with one attached hydrogen (secondary N) is 1. The van der Waals surface area contributed by atoms with E-state index in [9.17, 15) is 0 Å². The monoisotopic (exact) mass is 261 g/mol. The van der Waals surface area contributed by atoms with E-state index in [0.717, 1.165) is 17.6 Å². The summed E-state index contributed by atoms with van der Waals surface area (Å²) in [6.07, 6.45) is 4.97. The van der Waals surface area contributed by atoms with Crippen LogP contribution in [-0.4, -0.2) is 11.5 Å². The van der Waals surface area contributed by atoms with Gasteiger partial charge in [-0.15, -0.1) is 0 Å². The molecule has 19 heavy (non-hydrogen) atoms. The normalized spacial score (nSPS) is 12.7. The van der Waals surface area contributed by atoms with Gasteiger partial charge in [-0.3, -0.25) is 0 Å². The Morgan fingerprint density at radius 1 is 1.37 bits per heavy atom. The van der Waals surface area contributed by atoms with Crippen LogP contribution in [0.5, 0.6) is 0 Å². The smallest absolute Gasteiger partial charge is 0.295 e. The fraction of sp³-hybridized carbons (Fsp3) is 0.533. The lowest BCUT2D eigenvalue weighted by Gasteiger charge is -2.13. The summed E-state index contributed by atoms with van der Waals surface area (Å²) in [6, 6.07) is 6.11. The first kappa shape index (κ1) is 13.7. The zero-order valence-electron chi connectivity index (χ0n) is 11.8. The average Bonchev–Trinajstić information content (AvgIpc) is 2.81. The maximum atomic E-state index is 5.73. The molecule has 1 aromatic carbocycles. The van der Waals surface area contributed by atoms with Crippen molar-refractivity contribution in [3.63, 3.8) is 0 Å². The van der Waals surface area contributed by atoms with Gasteiger partial charge in [0.05, 0.1) is 0 Å². The largest absolute Gasteiger partial charge is 0.424 e. The van der Waals surface area contributed by atoms with Gasteiger partial charge >= 0.3 is 0 Å². The van der Waals surface area contributed by atoms with Gasteiger partial charge in [0.25, 0.3) is 6.01 Å². The highest BCUT2D eigenvalue weighted by atomic mass is 16.4. The maximum absolute atomic E-state index is 5.73. The highest BCUT2D eigenvalue weighted by molar-refractivity contribution is 5.78. The molecule has 0 aliphatic carbocycles. The predicted molar refractivity (Wildman–Crippen MR) is 80.2 cm³/mol. The summed E-state index contributed by atoms with van der Waals surface area (Å²) in [5.41, 5.74) is 8.03. The molecule has 4 heteroatoms. The molecule has 1 unspecified atom stereocenters. The molecular formula is C15H23N3O. The number of rotatable bonds is 7. The van der Waals surface area contributed by atoms with Gasteiger partial charge in [0.1, 0.15) is 5.52 Å². The number of hydrogen-bond acceptors (Lipinski definition) is 4. The Hall–Kier alpha value is -1.71. The molecule has 1 aromatic heterocycles. The standard InChI is InChI=1S/C15H23N3O/c1-3-5-6-11(4-2)10-17-15-18-13-9-12(16)7-8-14(13)19-15/h7-9,11H,3-6,10,16H2,1-2H3,(H,17,18). The van der Waals surface area contributed by atoms with Gasteiger partial charge < -0.3 is 15.5 Å². The van der Waals surface area contributed by atoms with Crippen LogP contribution in [0.25, 0.3) is 11.1 Å². The number of nitrogens with zero attached hydrogens (tertiary/aromatic N) is 1. The molecule has 4 nitrogen and oxygen atoms in total. The molecule has 0 aliphatic rings. The van der Waals surface area contributed by atoms with Gasteiger partial charge in [0, 0.05) is 12.2 Å². The van der Waals surface area contributed by atoms with Crippen molar-refractivity contribution < 1.29 is 4.42 Å². The van der Waals surface area contributed by atoms with Crippen LogP contribution in [0, 0.1) is 5.92 Å². The van der Waals surface area contributed by atoms with Crippen molar-refractivity contribution in [3.05, 3.63) is 18.2 Å². The third-order valence-corrected chi connectivity index (χ3v) is 3.50. The Bertz CT molecular complexity index is 521. The molecular weight excluding hydrogens is 238 g/mol. The van der Waals surface area contributed by atoms with E-state index < -0.39 is 0 Å². The molecule has 0 bridgehead atoms. The first-order chi connectivity index (χ1) is 9.22. The van der Waals surface area contributed by atoms with E-state index in [1.807, 2.05) is 18.2 Å². The number of anilines is 2. The summed E-state index contributed by atoms with van der Waals surface area (Å²) < 4.78 is 5.64. The molecule has 0 fully saturated rings. The molecule has 104 valence electrons. The van der Waals surface area contributed by atoms with Gasteiger partial charge in [0.15, 0.2) is 5.58 Å². The second-order valence-electron chi connectivity index (χ2n) is 5.04. The highest BCUT2D eigenvalue weighted by Gasteiger charge is 2.09. The molecule has 3 N–H and O–H groups in total. The minimum atomic E-state index is 0.593. The molecule has 1 heterocycles. The molecule has 1 atom stereocenters. The van der Waals surface area contributed by atoms with Crippen molar-refractivity contribution in [2.45, 2.75) is 39.5 Å². The number of nitrogen functional groups attached to an aromatic ring is 1. The Morgan fingerprint density at radius 2 is 2.21 bits per heavy atom. The van der Waals surface area contributed by atoms with Crippen molar-refractivity contribution >= 4 is 22.8 Å². The van der Waals surface area contributed by atoms with Gasteiger partial charge in [-0.05, 0) is 30.5 Å². The van der Waals surface area contributed by atoms with E-state index in [4.69, 9.17) is 10.2 Å². The topological polar surface area (TPSA) is 64.1 Å². The van der Waals surface area contributed by atoms with Crippen LogP contribution in [0.4, 0.5) is 11.7 Å². The number of benzene rings is 1. The molecule has 2 rings (SSSR count). The summed E-state index contributed by atoms with van der Waals surface area (Å²) in [6.45, 7) is 5.37. The first-order valence-corrected chi connectivity index (χ1v) is 7.12. The number of hydrogen-bond donors (Lipinski definition) is 2. The van der Waals surface area contributed by atoms with Crippen molar-refractivity contribution in [2.75, 3.05) is 17.6 Å². The Labute approximate surface area is 114 Å². The van der Waals surface area contributed by atoms with Gasteiger partial charge in [-0.1, -0.05) is 33.1 Å². The second kappa shape index (κ2) is 6.45. The second-order valence-corrected chi connectivity index (χ2v) is 5.04. The van der Waals surface area contributed by atoms with E-state index >= 15 is 0 Å². The third kappa shape index (κ3) is 3.63. The molecule has 0 spiro atoms. The van der Waals surface area contributed by atoms with Crippen molar-refractivity contribution in [2.24, 2.45) is 5.92 Å². The van der Waals surface area contributed by atoms with Gasteiger partial charge in [0.2, 0.25) is 0 Å². The number of oxazole rings is 1. The van der Waals surface area contributed by atoms with Gasteiger partial charge in [-0.25, -0.2) is 0 Å². The fourth-order valence-corrected chi connectivity index (χ4v) is 2.20. The lowest BCUT2D eigenvalue weighted by molar-refractivity contribution is 0.466. The molecule has 0 aliphatic heterocycles. The van der Waals surface area contributed by atoms with E-state index in [1.165, 1.54) is 25.7 Å². The lowest BCUT2D eigenvalue weighted by Crippen LogP contribution is -2.13. The SMILES string of the molecule is CCCCC(CC)CNc1nc2cc(N)ccc2o1. The zero-order valence-corrected chi connectivity index (χ0v) is 11.8. The summed E-state index contributed by atoms with van der Waals surface area (Å²) in [4.78, 5) is 4.40. The third-order valence-electron chi connectivity index (χ3n) is 3.50. The molecule has 2 aromatic rings. The number of aromatic nitrogens is 1. The van der Waals surface area contributed by atoms with Crippen LogP contribution in [0.2, 0.25) is 0 Å². The predicted octanol–water partition coefficient (Wildman–Crippen LogP) is 4.04. The number of fused-ring (bicyclic) bond motifs is 1. The minimum absolute atomic E-state index is 0.593. The minimum Gasteiger partial charge on any atom is -0.424 e. The highest BCUT2D eigenvalue weighted by Crippen LogP contribution is 2.21. The summed E-state index contributed by atoms with van der Waals surface area (Å²) in [5, 5.41) is 3.29. The first-order valence-electron chi connectivity index (χ1n) is 7.12. The van der Waals surface area contributed by atoms with E-state index in [0.29, 0.717) is 17.6 Å². The number of unbranched alkanes of at least 4 members (excludes halogenated alkanes) is 1. The van der Waals surface area contributed by atoms with E-state index in [2.05, 4.69) is 24.1 Å². The average molecular weight is 261 g/mol. The maximum Gasteiger partial charge on any atom is 0.295 e. The zero-order chi connectivity index (χ0) is 13.7. The molecule has 0 saturated heterocycles. The van der Waals surface area contributed by atoms with E-state index in [1.54, 1.807) is 0 Å². The number of nitrogens with two attached hydrogens (primary N) is 1. The Morgan fingerprint density at radius 3 is 2.95 bits per heavy atom. The van der Waals surface area contributed by atoms with Crippen molar-refractivity contribution in [3.8, 4) is 0 Å². The van der Waals surface area contributed by atoms with Crippen molar-refractivity contribution in [1.82, 2.24) is 4.98 Å². The van der Waals surface area contributed by atoms with Crippen LogP contribution < -0.4 is 11.1 Å². The fourth-order valence-electron chi connectivity index (χ4n) is 2.20. The van der Waals surface area contributed by atoms with Crippen LogP contribution >= 0.6 is 0 Å². The van der Waals surface area contributed by atoms with Crippen LogP contribution in [0.3, 0.4) is 0 Å². The molecule has 0 saturated carbocycles. The van der Waals surface area contributed by atoms with Crippen LogP contribution in [0.15, 0.2) is 22.6 Å². The Balaban J connectivity index is 1.97. The summed E-state index contributed by atoms with van der Waals surface area (Å²) >= 11 is 0. The van der Waals surface area contributed by atoms with Crippen molar-refractivity contribution in [1.29, 1.82) is 0 Å². The van der Waals surface area contributed by atoms with Gasteiger partial charge in [-0.2, -0.15) is 4.98 Å². The molecule has 0 amide bonds. The summed E-state index contributed by atoms with van der Waals surface area (Å²) in [7, 11) is 0.